The molecule has 0 aliphatic heterocycles. The summed E-state index contributed by atoms with van der Waals surface area (Å²) in [5, 5.41) is 0. The van der Waals surface area contributed by atoms with E-state index in [1.165, 1.54) is 11.1 Å². The van der Waals surface area contributed by atoms with Crippen LogP contribution < -0.4 is 0 Å². The Balaban J connectivity index is 2.02. The summed E-state index contributed by atoms with van der Waals surface area (Å²) in [5.41, 5.74) is 2.94. The Labute approximate surface area is 132 Å². The molecule has 1 unspecified atom stereocenters. The van der Waals surface area contributed by atoms with Gasteiger partial charge in [-0.25, -0.2) is 4.79 Å². The van der Waals surface area contributed by atoms with Gasteiger partial charge in [0.1, 0.15) is 0 Å². The molecule has 0 saturated heterocycles. The van der Waals surface area contributed by atoms with Gasteiger partial charge in [0.2, 0.25) is 0 Å². The van der Waals surface area contributed by atoms with Crippen LogP contribution in [-0.4, -0.2) is 12.6 Å². The number of benzene rings is 2. The molecule has 2 rings (SSSR count). The van der Waals surface area contributed by atoms with Gasteiger partial charge in [-0.2, -0.15) is 0 Å². The first-order valence-electron chi connectivity index (χ1n) is 7.58. The van der Waals surface area contributed by atoms with E-state index in [9.17, 15) is 4.79 Å². The number of rotatable bonds is 7. The third-order valence-electron chi connectivity index (χ3n) is 3.66. The van der Waals surface area contributed by atoms with Crippen molar-refractivity contribution in [2.24, 2.45) is 0 Å². The van der Waals surface area contributed by atoms with E-state index in [-0.39, 0.29) is 11.9 Å². The second-order valence-electron chi connectivity index (χ2n) is 5.51. The Kier molecular flexibility index (Phi) is 5.96. The predicted octanol–water partition coefficient (Wildman–Crippen LogP) is 4.52. The van der Waals surface area contributed by atoms with E-state index in [4.69, 9.17) is 4.74 Å². The van der Waals surface area contributed by atoms with E-state index < -0.39 is 0 Å². The minimum absolute atomic E-state index is 0.199. The van der Waals surface area contributed by atoms with Crippen molar-refractivity contribution >= 4 is 5.97 Å². The van der Waals surface area contributed by atoms with Crippen LogP contribution in [0.25, 0.3) is 0 Å². The van der Waals surface area contributed by atoms with Crippen molar-refractivity contribution in [3.05, 3.63) is 83.9 Å². The molecule has 0 aromatic heterocycles. The molecule has 0 N–H and O–H groups in total. The lowest BCUT2D eigenvalue weighted by atomic mass is 9.93. The van der Waals surface area contributed by atoms with Crippen molar-refractivity contribution in [2.75, 3.05) is 6.61 Å². The van der Waals surface area contributed by atoms with Crippen LogP contribution in [0.1, 0.15) is 30.4 Å². The van der Waals surface area contributed by atoms with E-state index in [1.54, 1.807) is 6.92 Å². The molecule has 2 heteroatoms. The Morgan fingerprint density at radius 3 is 2.23 bits per heavy atom. The summed E-state index contributed by atoms with van der Waals surface area (Å²) in [6, 6.07) is 20.6. The van der Waals surface area contributed by atoms with Gasteiger partial charge in [-0.1, -0.05) is 67.2 Å². The van der Waals surface area contributed by atoms with Crippen molar-refractivity contribution in [3.63, 3.8) is 0 Å². The van der Waals surface area contributed by atoms with E-state index in [0.29, 0.717) is 12.2 Å². The van der Waals surface area contributed by atoms with Crippen LogP contribution in [0, 0.1) is 0 Å². The van der Waals surface area contributed by atoms with Crippen LogP contribution in [-0.2, 0) is 16.0 Å². The van der Waals surface area contributed by atoms with Crippen LogP contribution in [0.4, 0.5) is 0 Å². The molecule has 1 atom stereocenters. The van der Waals surface area contributed by atoms with E-state index in [0.717, 1.165) is 12.8 Å². The molecule has 0 radical (unpaired) electrons. The molecule has 0 saturated carbocycles. The third kappa shape index (κ3) is 4.88. The maximum atomic E-state index is 11.6. The normalized spacial score (nSPS) is 11.7. The molecule has 114 valence electrons. The highest BCUT2D eigenvalue weighted by Gasteiger charge is 2.14. The molecule has 0 fully saturated rings. The average molecular weight is 294 g/mol. The van der Waals surface area contributed by atoms with Crippen LogP contribution in [0.5, 0.6) is 0 Å². The summed E-state index contributed by atoms with van der Waals surface area (Å²) >= 11 is 0. The summed E-state index contributed by atoms with van der Waals surface area (Å²) in [6.07, 6.45) is 1.91. The lowest BCUT2D eigenvalue weighted by molar-refractivity contribution is -0.139. The van der Waals surface area contributed by atoms with Crippen LogP contribution in [0.2, 0.25) is 0 Å². The van der Waals surface area contributed by atoms with Gasteiger partial charge in [0.15, 0.2) is 0 Å². The highest BCUT2D eigenvalue weighted by atomic mass is 16.5. The molecule has 0 heterocycles. The van der Waals surface area contributed by atoms with E-state index >= 15 is 0 Å². The lowest BCUT2D eigenvalue weighted by Crippen LogP contribution is -2.14. The largest absolute Gasteiger partial charge is 0.462 e. The number of esters is 1. The van der Waals surface area contributed by atoms with Gasteiger partial charge in [-0.3, -0.25) is 0 Å². The van der Waals surface area contributed by atoms with Crippen LogP contribution in [0.15, 0.2) is 72.8 Å². The molecular weight excluding hydrogens is 272 g/mol. The second kappa shape index (κ2) is 8.18. The summed E-state index contributed by atoms with van der Waals surface area (Å²) in [4.78, 5) is 11.6. The first kappa shape index (κ1) is 16.0. The van der Waals surface area contributed by atoms with Gasteiger partial charge < -0.3 is 4.74 Å². The Hall–Kier alpha value is -2.35. The van der Waals surface area contributed by atoms with Crippen molar-refractivity contribution < 1.29 is 9.53 Å². The fourth-order valence-electron chi connectivity index (χ4n) is 2.36. The fourth-order valence-corrected chi connectivity index (χ4v) is 2.36. The molecule has 0 amide bonds. The standard InChI is InChI=1S/C20H22O2/c1-16(2)20(21)22-15-19(18-11-7-4-8-12-18)14-13-17-9-5-3-6-10-17/h3-12,19H,1,13-15H2,2H3. The van der Waals surface area contributed by atoms with E-state index in [1.807, 2.05) is 36.4 Å². The van der Waals surface area contributed by atoms with E-state index in [2.05, 4.69) is 30.8 Å². The third-order valence-corrected chi connectivity index (χ3v) is 3.66. The van der Waals surface area contributed by atoms with Gasteiger partial charge in [-0.15, -0.1) is 0 Å². The summed E-state index contributed by atoms with van der Waals surface area (Å²) < 4.78 is 5.37. The number of carbonyl (C=O) groups is 1. The number of hydrogen-bond acceptors (Lipinski definition) is 2. The summed E-state index contributed by atoms with van der Waals surface area (Å²) in [5.74, 6) is -0.120. The molecule has 2 aromatic carbocycles. The predicted molar refractivity (Wildman–Crippen MR) is 89.7 cm³/mol. The quantitative estimate of drug-likeness (QED) is 0.554. The lowest BCUT2D eigenvalue weighted by Gasteiger charge is -2.17. The number of aryl methyl sites for hydroxylation is 1. The van der Waals surface area contributed by atoms with Gasteiger partial charge in [0, 0.05) is 11.5 Å². The van der Waals surface area contributed by atoms with Gasteiger partial charge >= 0.3 is 5.97 Å². The van der Waals surface area contributed by atoms with Crippen LogP contribution >= 0.6 is 0 Å². The highest BCUT2D eigenvalue weighted by Crippen LogP contribution is 2.22. The maximum Gasteiger partial charge on any atom is 0.333 e. The number of ether oxygens (including phenoxy) is 1. The molecule has 0 bridgehead atoms. The van der Waals surface area contributed by atoms with Gasteiger partial charge in [0.05, 0.1) is 6.61 Å². The first-order chi connectivity index (χ1) is 10.7. The van der Waals surface area contributed by atoms with Gasteiger partial charge in [0.25, 0.3) is 0 Å². The molecule has 2 aromatic rings. The summed E-state index contributed by atoms with van der Waals surface area (Å²) in [7, 11) is 0. The number of carbonyl (C=O) groups excluding carboxylic acids is 1. The Morgan fingerprint density at radius 1 is 1.05 bits per heavy atom. The van der Waals surface area contributed by atoms with Crippen LogP contribution in [0.3, 0.4) is 0 Å². The zero-order valence-electron chi connectivity index (χ0n) is 13.0. The molecule has 0 aliphatic carbocycles. The molecule has 0 aliphatic rings. The second-order valence-corrected chi connectivity index (χ2v) is 5.51. The van der Waals surface area contributed by atoms with Gasteiger partial charge in [-0.05, 0) is 30.9 Å². The monoisotopic (exact) mass is 294 g/mol. The number of hydrogen-bond donors (Lipinski definition) is 0. The first-order valence-corrected chi connectivity index (χ1v) is 7.58. The smallest absolute Gasteiger partial charge is 0.333 e. The van der Waals surface area contributed by atoms with Crippen molar-refractivity contribution in [3.8, 4) is 0 Å². The molecule has 22 heavy (non-hydrogen) atoms. The summed E-state index contributed by atoms with van der Waals surface area (Å²) in [6.45, 7) is 5.69. The SMILES string of the molecule is C=C(C)C(=O)OCC(CCc1ccccc1)c1ccccc1. The maximum absolute atomic E-state index is 11.6. The zero-order valence-corrected chi connectivity index (χ0v) is 13.0. The topological polar surface area (TPSA) is 26.3 Å². The zero-order chi connectivity index (χ0) is 15.8. The van der Waals surface area contributed by atoms with Crippen molar-refractivity contribution in [1.29, 1.82) is 0 Å². The van der Waals surface area contributed by atoms with Crippen molar-refractivity contribution in [2.45, 2.75) is 25.7 Å². The minimum Gasteiger partial charge on any atom is -0.462 e. The minimum atomic E-state index is -0.319. The average Bonchev–Trinajstić information content (AvgIpc) is 2.56. The Bertz CT molecular complexity index is 602. The molecule has 2 nitrogen and oxygen atoms in total. The molecule has 0 spiro atoms. The fraction of sp³-hybridized carbons (Fsp3) is 0.250. The van der Waals surface area contributed by atoms with Crippen molar-refractivity contribution in [1.82, 2.24) is 0 Å². The Morgan fingerprint density at radius 2 is 1.64 bits per heavy atom. The highest BCUT2D eigenvalue weighted by molar-refractivity contribution is 5.86. The molecular formula is C20H22O2.